The molecule has 452 valence electrons. The predicted molar refractivity (Wildman–Crippen MR) is 270 cm³/mol. The zero-order chi connectivity index (χ0) is 61.3. The minimum absolute atomic E-state index is 0.0771. The van der Waals surface area contributed by atoms with E-state index in [9.17, 15) is 47.9 Å². The van der Waals surface area contributed by atoms with E-state index < -0.39 is 170 Å². The quantitative estimate of drug-likeness (QED) is 0.0946. The Morgan fingerprint density at radius 1 is 0.458 bits per heavy atom. The molecule has 2 aromatic carbocycles. The first-order valence-electron chi connectivity index (χ1n) is 25.5. The summed E-state index contributed by atoms with van der Waals surface area (Å²) in [5.74, 6) is -10.4. The molecule has 29 heteroatoms. The topological polar surface area (TPSA) is 358 Å². The number of methoxy groups -OCH3 is 1. The van der Waals surface area contributed by atoms with Gasteiger partial charge in [-0.2, -0.15) is 0 Å². The molecular formula is C54H62O29. The summed E-state index contributed by atoms with van der Waals surface area (Å²) in [6.07, 6.45) is -25.3. The van der Waals surface area contributed by atoms with Crippen LogP contribution < -0.4 is 24.4 Å². The summed E-state index contributed by atoms with van der Waals surface area (Å²) >= 11 is 0. The number of carbonyl (C=O) groups excluding carboxylic acids is 10. The second-order valence-electron chi connectivity index (χ2n) is 18.9. The largest absolute Gasteiger partial charge is 0.496 e. The van der Waals surface area contributed by atoms with Crippen LogP contribution in [0.2, 0.25) is 0 Å². The van der Waals surface area contributed by atoms with E-state index in [0.717, 1.165) is 62.3 Å². The minimum Gasteiger partial charge on any atom is -0.496 e. The molecule has 0 N–H and O–H groups in total. The molecule has 0 saturated carbocycles. The van der Waals surface area contributed by atoms with Crippen LogP contribution in [-0.2, 0) is 110 Å². The monoisotopic (exact) mass is 1170 g/mol. The predicted octanol–water partition coefficient (Wildman–Crippen LogP) is 2.77. The van der Waals surface area contributed by atoms with Gasteiger partial charge in [0.2, 0.25) is 23.6 Å². The van der Waals surface area contributed by atoms with Crippen LogP contribution in [0.4, 0.5) is 0 Å². The molecule has 0 bridgehead atoms. The Bertz CT molecular complexity index is 3000. The molecule has 0 radical (unpaired) electrons. The van der Waals surface area contributed by atoms with Crippen LogP contribution in [0.3, 0.4) is 0 Å². The van der Waals surface area contributed by atoms with Gasteiger partial charge in [-0.1, -0.05) is 0 Å². The summed E-state index contributed by atoms with van der Waals surface area (Å²) in [6.45, 7) is 12.3. The van der Waals surface area contributed by atoms with E-state index in [2.05, 4.69) is 0 Å². The average Bonchev–Trinajstić information content (AvgIpc) is 3.52. The Hall–Kier alpha value is -8.25. The van der Waals surface area contributed by atoms with Gasteiger partial charge in [-0.25, -0.2) is 0 Å². The second kappa shape index (κ2) is 27.7. The lowest BCUT2D eigenvalue weighted by molar-refractivity contribution is -0.360. The van der Waals surface area contributed by atoms with E-state index in [1.54, 1.807) is 0 Å². The third kappa shape index (κ3) is 16.3. The molecule has 15 unspecified atom stereocenters. The van der Waals surface area contributed by atoms with Crippen LogP contribution >= 0.6 is 0 Å². The maximum atomic E-state index is 15.1. The lowest BCUT2D eigenvalue weighted by atomic mass is 9.96. The molecule has 29 nitrogen and oxygen atoms in total. The molecule has 1 aromatic heterocycles. The number of hydrogen-bond acceptors (Lipinski definition) is 29. The SMILES string of the molecule is COc1cc(OC(C)=O)c2c(=O)c(OC3OC(COC4OC(C)C(OC(C)=O)C(OC5OC(C)C(OC(C)=O)C(OC(C)=O)C5OC(C)=O)C4OC(C)=O)C(OC(C)=O)C(OC(C)=O)C3OC(C)=O)c(-c3ccc(OC(C)=O)cc3)oc2c1. The molecule has 3 aliphatic heterocycles. The minimum atomic E-state index is -2.09. The lowest BCUT2D eigenvalue weighted by Crippen LogP contribution is -2.66. The van der Waals surface area contributed by atoms with Gasteiger partial charge in [0.25, 0.3) is 0 Å². The van der Waals surface area contributed by atoms with Crippen molar-refractivity contribution in [3.05, 3.63) is 46.6 Å². The highest BCUT2D eigenvalue weighted by molar-refractivity contribution is 5.90. The van der Waals surface area contributed by atoms with Gasteiger partial charge in [0.1, 0.15) is 40.4 Å². The van der Waals surface area contributed by atoms with E-state index in [-0.39, 0.29) is 39.5 Å². The molecule has 0 spiro atoms. The van der Waals surface area contributed by atoms with Crippen molar-refractivity contribution in [1.82, 2.24) is 0 Å². The zero-order valence-electron chi connectivity index (χ0n) is 47.2. The molecular weight excluding hydrogens is 1110 g/mol. The Kier molecular flexibility index (Phi) is 21.3. The maximum Gasteiger partial charge on any atom is 0.308 e. The van der Waals surface area contributed by atoms with Crippen LogP contribution in [0.1, 0.15) is 83.1 Å². The van der Waals surface area contributed by atoms with E-state index in [1.165, 1.54) is 64.3 Å². The van der Waals surface area contributed by atoms with Crippen molar-refractivity contribution >= 4 is 70.7 Å². The molecule has 3 fully saturated rings. The summed E-state index contributed by atoms with van der Waals surface area (Å²) in [4.78, 5) is 142. The van der Waals surface area contributed by atoms with Crippen molar-refractivity contribution in [2.45, 2.75) is 175 Å². The number of benzene rings is 2. The molecule has 3 aromatic rings. The van der Waals surface area contributed by atoms with Crippen LogP contribution in [0.5, 0.6) is 23.0 Å². The highest BCUT2D eigenvalue weighted by atomic mass is 16.8. The zero-order valence-corrected chi connectivity index (χ0v) is 47.2. The number of rotatable bonds is 19. The van der Waals surface area contributed by atoms with Gasteiger partial charge in [-0.05, 0) is 38.1 Å². The third-order valence-electron chi connectivity index (χ3n) is 12.2. The van der Waals surface area contributed by atoms with Crippen molar-refractivity contribution in [2.24, 2.45) is 0 Å². The summed E-state index contributed by atoms with van der Waals surface area (Å²) in [7, 11) is 1.30. The van der Waals surface area contributed by atoms with Crippen LogP contribution in [0.15, 0.2) is 45.6 Å². The summed E-state index contributed by atoms with van der Waals surface area (Å²) in [6, 6.07) is 8.00. The van der Waals surface area contributed by atoms with Crippen LogP contribution in [0, 0.1) is 0 Å². The Labute approximate surface area is 472 Å². The van der Waals surface area contributed by atoms with E-state index in [1.807, 2.05) is 0 Å². The number of esters is 10. The van der Waals surface area contributed by atoms with Crippen molar-refractivity contribution in [1.29, 1.82) is 0 Å². The first-order chi connectivity index (χ1) is 39.0. The average molecular weight is 1180 g/mol. The highest BCUT2D eigenvalue weighted by Gasteiger charge is 2.58. The number of carbonyl (C=O) groups is 10. The lowest BCUT2D eigenvalue weighted by Gasteiger charge is -2.48. The van der Waals surface area contributed by atoms with Gasteiger partial charge >= 0.3 is 59.7 Å². The second-order valence-corrected chi connectivity index (χ2v) is 18.9. The molecule has 0 amide bonds. The third-order valence-corrected chi connectivity index (χ3v) is 12.2. The summed E-state index contributed by atoms with van der Waals surface area (Å²) in [5, 5.41) is -0.382. The van der Waals surface area contributed by atoms with E-state index in [0.29, 0.717) is 0 Å². The van der Waals surface area contributed by atoms with Gasteiger partial charge in [-0.3, -0.25) is 52.7 Å². The van der Waals surface area contributed by atoms with Gasteiger partial charge in [0.05, 0.1) is 25.9 Å². The summed E-state index contributed by atoms with van der Waals surface area (Å²) < 4.78 is 105. The van der Waals surface area contributed by atoms with Crippen molar-refractivity contribution < 1.29 is 133 Å². The molecule has 0 aliphatic carbocycles. The molecule has 4 heterocycles. The maximum absolute atomic E-state index is 15.1. The van der Waals surface area contributed by atoms with Gasteiger partial charge in [-0.15, -0.1) is 0 Å². The summed E-state index contributed by atoms with van der Waals surface area (Å²) in [5.41, 5.74) is -1.16. The number of ether oxygens (including phenoxy) is 17. The van der Waals surface area contributed by atoms with Gasteiger partial charge < -0.3 is 84.9 Å². The van der Waals surface area contributed by atoms with Gasteiger partial charge in [0.15, 0.2) is 61.1 Å². The Balaban J connectivity index is 1.48. The van der Waals surface area contributed by atoms with Crippen molar-refractivity contribution in [2.75, 3.05) is 13.7 Å². The first kappa shape index (κ1) is 63.9. The fourth-order valence-electron chi connectivity index (χ4n) is 9.29. The molecule has 3 saturated heterocycles. The van der Waals surface area contributed by atoms with E-state index >= 15 is 4.79 Å². The number of hydrogen-bond donors (Lipinski definition) is 0. The highest BCUT2D eigenvalue weighted by Crippen LogP contribution is 2.41. The molecule has 6 rings (SSSR count). The molecule has 83 heavy (non-hydrogen) atoms. The molecule has 3 aliphatic rings. The fraction of sp³-hybridized carbons (Fsp3) is 0.537. The Morgan fingerprint density at radius 3 is 1.39 bits per heavy atom. The fourth-order valence-corrected chi connectivity index (χ4v) is 9.29. The standard InChI is InChI=1S/C54H62O29/c1-21-42(73-26(6)58)47(83-53-50(78-31(11)63)46(75-28(8)60)41(22(2)69-53)72-25(5)57)49(77-30(10)62)52(68-21)67-20-38-44(74-27(7)59)48(76-29(9)61)51(79-32(12)64)54(81-38)82-45-40(65)39-36(71-24(4)56)18-35(66-13)19-37(39)80-43(45)33-14-16-34(17-15-33)70-23(3)55/h14-19,21-22,38,41-42,44,46-54H,20H2,1-13H3. The normalized spacial score (nSPS) is 27.5. The molecule has 15 atom stereocenters. The van der Waals surface area contributed by atoms with Crippen LogP contribution in [-0.4, -0.2) is 166 Å². The first-order valence-corrected chi connectivity index (χ1v) is 25.5. The van der Waals surface area contributed by atoms with Crippen LogP contribution in [0.25, 0.3) is 22.3 Å². The van der Waals surface area contributed by atoms with Crippen molar-refractivity contribution in [3.63, 3.8) is 0 Å². The number of fused-ring (bicyclic) bond motifs is 1. The van der Waals surface area contributed by atoms with Gasteiger partial charge in [0, 0.05) is 86.9 Å². The Morgan fingerprint density at radius 2 is 0.892 bits per heavy atom. The van der Waals surface area contributed by atoms with E-state index in [4.69, 9.17) is 84.9 Å². The van der Waals surface area contributed by atoms with Crippen molar-refractivity contribution in [3.8, 4) is 34.3 Å². The smallest absolute Gasteiger partial charge is 0.308 e.